The van der Waals surface area contributed by atoms with E-state index in [0.717, 1.165) is 6.07 Å². The van der Waals surface area contributed by atoms with Gasteiger partial charge in [-0.2, -0.15) is 0 Å². The van der Waals surface area contributed by atoms with Crippen molar-refractivity contribution < 1.29 is 13.9 Å². The molecule has 0 unspecified atom stereocenters. The largest absolute Gasteiger partial charge is 0.462 e. The highest BCUT2D eigenvalue weighted by molar-refractivity contribution is 6.03. The van der Waals surface area contributed by atoms with Crippen molar-refractivity contribution in [1.82, 2.24) is 4.98 Å². The Labute approximate surface area is 96.0 Å². The van der Waals surface area contributed by atoms with Crippen molar-refractivity contribution in [2.75, 3.05) is 6.61 Å². The summed E-state index contributed by atoms with van der Waals surface area (Å²) in [4.78, 5) is 25.4. The number of esters is 1. The fourth-order valence-electron chi connectivity index (χ4n) is 1.61. The molecule has 0 aliphatic rings. The van der Waals surface area contributed by atoms with E-state index in [4.69, 9.17) is 4.74 Å². The number of H-pyrrole nitrogens is 1. The van der Waals surface area contributed by atoms with Crippen LogP contribution in [0.5, 0.6) is 0 Å². The van der Waals surface area contributed by atoms with Crippen LogP contribution < -0.4 is 5.56 Å². The van der Waals surface area contributed by atoms with Gasteiger partial charge >= 0.3 is 5.97 Å². The van der Waals surface area contributed by atoms with Crippen molar-refractivity contribution in [3.63, 3.8) is 0 Å². The predicted octanol–water partition coefficient (Wildman–Crippen LogP) is 1.84. The molecule has 4 nitrogen and oxygen atoms in total. The minimum Gasteiger partial charge on any atom is -0.462 e. The summed E-state index contributed by atoms with van der Waals surface area (Å²) in [6.07, 6.45) is 0. The van der Waals surface area contributed by atoms with E-state index in [1.54, 1.807) is 6.92 Å². The zero-order valence-electron chi connectivity index (χ0n) is 9.12. The molecule has 17 heavy (non-hydrogen) atoms. The van der Waals surface area contributed by atoms with Gasteiger partial charge in [0.05, 0.1) is 17.7 Å². The second-order valence-electron chi connectivity index (χ2n) is 3.46. The number of carbonyl (C=O) groups excluding carboxylic acids is 1. The number of aromatic amines is 1. The Morgan fingerprint density at radius 3 is 2.88 bits per heavy atom. The third-order valence-electron chi connectivity index (χ3n) is 2.30. The molecule has 0 radical (unpaired) electrons. The molecule has 0 atom stereocenters. The lowest BCUT2D eigenvalue weighted by molar-refractivity contribution is 0.0528. The van der Waals surface area contributed by atoms with E-state index in [-0.39, 0.29) is 17.7 Å². The van der Waals surface area contributed by atoms with Gasteiger partial charge in [-0.25, -0.2) is 9.18 Å². The normalized spacial score (nSPS) is 10.5. The number of aromatic nitrogens is 1. The van der Waals surface area contributed by atoms with Crippen LogP contribution in [-0.2, 0) is 4.74 Å². The number of nitrogens with one attached hydrogen (secondary N) is 1. The van der Waals surface area contributed by atoms with E-state index in [0.29, 0.717) is 5.39 Å². The maximum absolute atomic E-state index is 13.0. The number of halogens is 1. The number of hydrogen-bond donors (Lipinski definition) is 1. The molecule has 1 aromatic carbocycles. The van der Waals surface area contributed by atoms with Crippen LogP contribution in [0.25, 0.3) is 10.9 Å². The Morgan fingerprint density at radius 2 is 2.18 bits per heavy atom. The van der Waals surface area contributed by atoms with E-state index < -0.39 is 17.3 Å². The lowest BCUT2D eigenvalue weighted by Gasteiger charge is -2.05. The minimum atomic E-state index is -0.588. The number of hydrogen-bond acceptors (Lipinski definition) is 3. The number of ether oxygens (including phenoxy) is 1. The predicted molar refractivity (Wildman–Crippen MR) is 60.5 cm³/mol. The van der Waals surface area contributed by atoms with Crippen molar-refractivity contribution in [2.24, 2.45) is 0 Å². The number of rotatable bonds is 2. The smallest absolute Gasteiger partial charge is 0.339 e. The van der Waals surface area contributed by atoms with Crippen molar-refractivity contribution in [3.05, 3.63) is 46.0 Å². The summed E-state index contributed by atoms with van der Waals surface area (Å²) < 4.78 is 17.8. The van der Waals surface area contributed by atoms with Gasteiger partial charge < -0.3 is 9.72 Å². The standard InChI is InChI=1S/C12H10FNO3/c1-2-17-12(16)9-6-11(15)14-10-5-7(13)3-4-8(9)10/h3-6H,2H2,1H3,(H,14,15). The van der Waals surface area contributed by atoms with E-state index >= 15 is 0 Å². The van der Waals surface area contributed by atoms with Gasteiger partial charge in [0.2, 0.25) is 5.56 Å². The zero-order valence-corrected chi connectivity index (χ0v) is 9.12. The van der Waals surface area contributed by atoms with Crippen LogP contribution in [0, 0.1) is 5.82 Å². The molecule has 2 rings (SSSR count). The molecule has 0 bridgehead atoms. The number of carbonyl (C=O) groups is 1. The summed E-state index contributed by atoms with van der Waals surface area (Å²) in [5.41, 5.74) is -0.0442. The van der Waals surface area contributed by atoms with Gasteiger partial charge in [-0.15, -0.1) is 0 Å². The van der Waals surface area contributed by atoms with Crippen molar-refractivity contribution in [2.45, 2.75) is 6.92 Å². The Morgan fingerprint density at radius 1 is 1.41 bits per heavy atom. The average Bonchev–Trinajstić information content (AvgIpc) is 2.27. The van der Waals surface area contributed by atoms with Gasteiger partial charge in [0.25, 0.3) is 0 Å². The SMILES string of the molecule is CCOC(=O)c1cc(=O)[nH]c2cc(F)ccc12. The lowest BCUT2D eigenvalue weighted by Crippen LogP contribution is -2.12. The minimum absolute atomic E-state index is 0.144. The quantitative estimate of drug-likeness (QED) is 0.808. The van der Waals surface area contributed by atoms with E-state index in [1.165, 1.54) is 18.2 Å². The molecule has 88 valence electrons. The highest BCUT2D eigenvalue weighted by atomic mass is 19.1. The summed E-state index contributed by atoms with van der Waals surface area (Å²) >= 11 is 0. The number of benzene rings is 1. The Balaban J connectivity index is 2.70. The summed E-state index contributed by atoms with van der Waals surface area (Å²) in [5, 5.41) is 0.462. The first-order valence-electron chi connectivity index (χ1n) is 5.11. The zero-order chi connectivity index (χ0) is 12.4. The van der Waals surface area contributed by atoms with E-state index in [1.807, 2.05) is 0 Å². The Bertz CT molecular complexity index is 633. The summed E-state index contributed by atoms with van der Waals surface area (Å²) in [6, 6.07) is 4.98. The molecular formula is C12H10FNO3. The van der Waals surface area contributed by atoms with Crippen LogP contribution >= 0.6 is 0 Å². The second-order valence-corrected chi connectivity index (χ2v) is 3.46. The maximum atomic E-state index is 13.0. The van der Waals surface area contributed by atoms with Crippen LogP contribution in [0.2, 0.25) is 0 Å². The summed E-state index contributed by atoms with van der Waals surface area (Å²) in [6.45, 7) is 1.89. The molecule has 0 spiro atoms. The highest BCUT2D eigenvalue weighted by Crippen LogP contribution is 2.17. The van der Waals surface area contributed by atoms with Crippen LogP contribution in [0.3, 0.4) is 0 Å². The van der Waals surface area contributed by atoms with Gasteiger partial charge in [-0.3, -0.25) is 4.79 Å². The fourth-order valence-corrected chi connectivity index (χ4v) is 1.61. The second kappa shape index (κ2) is 4.37. The monoisotopic (exact) mass is 235 g/mol. The lowest BCUT2D eigenvalue weighted by atomic mass is 10.1. The summed E-state index contributed by atoms with van der Waals surface area (Å²) in [5.74, 6) is -1.07. The molecule has 0 aliphatic heterocycles. The first kappa shape index (κ1) is 11.3. The highest BCUT2D eigenvalue weighted by Gasteiger charge is 2.12. The first-order chi connectivity index (χ1) is 8.11. The van der Waals surface area contributed by atoms with Gasteiger partial charge in [0, 0.05) is 11.5 Å². The molecule has 1 N–H and O–H groups in total. The van der Waals surface area contributed by atoms with Crippen LogP contribution in [0.1, 0.15) is 17.3 Å². The first-order valence-corrected chi connectivity index (χ1v) is 5.11. The Hall–Kier alpha value is -2.17. The topological polar surface area (TPSA) is 59.2 Å². The van der Waals surface area contributed by atoms with E-state index in [9.17, 15) is 14.0 Å². The van der Waals surface area contributed by atoms with Gasteiger partial charge in [-0.1, -0.05) is 0 Å². The molecule has 0 fully saturated rings. The molecule has 0 aliphatic carbocycles. The molecule has 2 aromatic rings. The molecule has 0 saturated heterocycles. The molecule has 0 saturated carbocycles. The van der Waals surface area contributed by atoms with Crippen LogP contribution in [0.15, 0.2) is 29.1 Å². The third-order valence-corrected chi connectivity index (χ3v) is 2.30. The van der Waals surface area contributed by atoms with Crippen LogP contribution in [0.4, 0.5) is 4.39 Å². The molecule has 1 aromatic heterocycles. The number of pyridine rings is 1. The van der Waals surface area contributed by atoms with Gasteiger partial charge in [0.15, 0.2) is 0 Å². The van der Waals surface area contributed by atoms with Gasteiger partial charge in [-0.05, 0) is 25.1 Å². The molecule has 5 heteroatoms. The fraction of sp³-hybridized carbons (Fsp3) is 0.167. The van der Waals surface area contributed by atoms with Crippen molar-refractivity contribution >= 4 is 16.9 Å². The van der Waals surface area contributed by atoms with E-state index in [2.05, 4.69) is 4.98 Å². The van der Waals surface area contributed by atoms with Crippen LogP contribution in [-0.4, -0.2) is 17.6 Å². The van der Waals surface area contributed by atoms with Crippen molar-refractivity contribution in [1.29, 1.82) is 0 Å². The molecular weight excluding hydrogens is 225 g/mol. The summed E-state index contributed by atoms with van der Waals surface area (Å²) in [7, 11) is 0. The molecule has 0 amide bonds. The third kappa shape index (κ3) is 2.18. The number of fused-ring (bicyclic) bond motifs is 1. The maximum Gasteiger partial charge on any atom is 0.339 e. The molecule has 1 heterocycles. The average molecular weight is 235 g/mol. The van der Waals surface area contributed by atoms with Gasteiger partial charge in [0.1, 0.15) is 5.82 Å². The van der Waals surface area contributed by atoms with Crippen molar-refractivity contribution in [3.8, 4) is 0 Å². The Kier molecular flexibility index (Phi) is 2.91.